The fraction of sp³-hybridized carbons (Fsp3) is 0.897. The van der Waals surface area contributed by atoms with Crippen LogP contribution in [0.25, 0.3) is 0 Å². The van der Waals surface area contributed by atoms with Crippen molar-refractivity contribution in [2.45, 2.75) is 117 Å². The highest BCUT2D eigenvalue weighted by molar-refractivity contribution is 5.74. The molecule has 0 aromatic rings. The molecule has 3 aliphatic heterocycles. The monoisotopic (exact) mass is 518 g/mol. The van der Waals surface area contributed by atoms with Gasteiger partial charge in [-0.3, -0.25) is 14.4 Å². The van der Waals surface area contributed by atoms with E-state index in [9.17, 15) is 14.4 Å². The Morgan fingerprint density at radius 2 is 1.76 bits per heavy atom. The van der Waals surface area contributed by atoms with Crippen molar-refractivity contribution in [2.75, 3.05) is 6.61 Å². The quantitative estimate of drug-likeness (QED) is 0.397. The fourth-order valence-electron chi connectivity index (χ4n) is 10.3. The highest BCUT2D eigenvalue weighted by Gasteiger charge is 2.71. The van der Waals surface area contributed by atoms with Gasteiger partial charge in [0.1, 0.15) is 6.10 Å². The molecule has 0 N–H and O–H groups in total. The molecular formula is C29H42O8. The Labute approximate surface area is 219 Å². The molecule has 11 atom stereocenters. The van der Waals surface area contributed by atoms with Crippen molar-refractivity contribution in [1.29, 1.82) is 0 Å². The van der Waals surface area contributed by atoms with Crippen LogP contribution in [0, 0.1) is 39.9 Å². The molecule has 1 spiro atoms. The van der Waals surface area contributed by atoms with Crippen LogP contribution in [0.15, 0.2) is 0 Å². The molecule has 37 heavy (non-hydrogen) atoms. The van der Waals surface area contributed by atoms with E-state index < -0.39 is 24.3 Å². The summed E-state index contributed by atoms with van der Waals surface area (Å²) in [6.45, 7) is 10.7. The third-order valence-electron chi connectivity index (χ3n) is 11.7. The summed E-state index contributed by atoms with van der Waals surface area (Å²) >= 11 is 0. The van der Waals surface area contributed by atoms with E-state index in [-0.39, 0.29) is 52.4 Å². The van der Waals surface area contributed by atoms with Crippen LogP contribution in [0.5, 0.6) is 0 Å². The Morgan fingerprint density at radius 3 is 2.49 bits per heavy atom. The first kappa shape index (κ1) is 25.6. The van der Waals surface area contributed by atoms with E-state index in [1.54, 1.807) is 0 Å². The molecular weight excluding hydrogens is 476 g/mol. The second-order valence-corrected chi connectivity index (χ2v) is 13.7. The van der Waals surface area contributed by atoms with Gasteiger partial charge in [-0.15, -0.1) is 0 Å². The molecule has 6 fully saturated rings. The Kier molecular flexibility index (Phi) is 5.82. The number of fused-ring (bicyclic) bond motifs is 7. The molecule has 0 radical (unpaired) electrons. The summed E-state index contributed by atoms with van der Waals surface area (Å²) < 4.78 is 29.9. The molecule has 8 nitrogen and oxygen atoms in total. The van der Waals surface area contributed by atoms with Gasteiger partial charge in [-0.05, 0) is 73.5 Å². The standard InChI is InChI=1S/C29H42O8/c1-16(30)33-15-26(3)10-6-11-28(5)20(26)9-12-27(4)19-13-22(34-17(2)31)29-14-23(32)35-25(29)36-24(37-29)18(19)7-8-21(27)28/h18-22,24-25H,6-15H2,1-5H3/t18-,19+,20?,21?,22+,24+,25+,26+,27-,28-,29-/m0/s1. The van der Waals surface area contributed by atoms with Crippen molar-refractivity contribution < 1.29 is 38.1 Å². The predicted octanol–water partition coefficient (Wildman–Crippen LogP) is 4.52. The summed E-state index contributed by atoms with van der Waals surface area (Å²) in [6, 6.07) is 0. The average molecular weight is 519 g/mol. The van der Waals surface area contributed by atoms with Gasteiger partial charge in [-0.25, -0.2) is 0 Å². The van der Waals surface area contributed by atoms with E-state index in [1.807, 2.05) is 0 Å². The van der Waals surface area contributed by atoms with E-state index in [0.717, 1.165) is 38.5 Å². The summed E-state index contributed by atoms with van der Waals surface area (Å²) in [5.41, 5.74) is -0.897. The zero-order chi connectivity index (χ0) is 26.4. The molecule has 0 aromatic carbocycles. The maximum atomic E-state index is 12.3. The molecule has 8 heteroatoms. The molecule has 6 rings (SSSR count). The first-order valence-electron chi connectivity index (χ1n) is 14.2. The Bertz CT molecular complexity index is 996. The summed E-state index contributed by atoms with van der Waals surface area (Å²) in [7, 11) is 0. The van der Waals surface area contributed by atoms with Crippen LogP contribution < -0.4 is 0 Å². The van der Waals surface area contributed by atoms with E-state index in [4.69, 9.17) is 23.7 Å². The Balaban J connectivity index is 1.34. The molecule has 2 unspecified atom stereocenters. The largest absolute Gasteiger partial charge is 0.465 e. The summed E-state index contributed by atoms with van der Waals surface area (Å²) in [5.74, 6) is 0.468. The van der Waals surface area contributed by atoms with E-state index in [1.165, 1.54) is 20.3 Å². The Hall–Kier alpha value is -1.67. The van der Waals surface area contributed by atoms with Crippen LogP contribution in [0.3, 0.4) is 0 Å². The maximum Gasteiger partial charge on any atom is 0.311 e. The van der Waals surface area contributed by atoms with Crippen LogP contribution >= 0.6 is 0 Å². The molecule has 3 saturated heterocycles. The van der Waals surface area contributed by atoms with Crippen LogP contribution in [0.1, 0.15) is 92.4 Å². The smallest absolute Gasteiger partial charge is 0.311 e. The predicted molar refractivity (Wildman–Crippen MR) is 131 cm³/mol. The zero-order valence-electron chi connectivity index (χ0n) is 22.9. The maximum absolute atomic E-state index is 12.3. The van der Waals surface area contributed by atoms with Crippen molar-refractivity contribution in [3.05, 3.63) is 0 Å². The highest BCUT2D eigenvalue weighted by atomic mass is 16.8. The van der Waals surface area contributed by atoms with E-state index >= 15 is 0 Å². The normalized spacial score (nSPS) is 52.0. The van der Waals surface area contributed by atoms with Gasteiger partial charge in [0.15, 0.2) is 11.9 Å². The van der Waals surface area contributed by atoms with E-state index in [0.29, 0.717) is 24.9 Å². The van der Waals surface area contributed by atoms with Gasteiger partial charge >= 0.3 is 17.9 Å². The van der Waals surface area contributed by atoms with Crippen LogP contribution in [0.2, 0.25) is 0 Å². The lowest BCUT2D eigenvalue weighted by Crippen LogP contribution is -2.61. The Morgan fingerprint density at radius 1 is 0.973 bits per heavy atom. The van der Waals surface area contributed by atoms with Gasteiger partial charge in [0.2, 0.25) is 6.29 Å². The first-order chi connectivity index (χ1) is 17.4. The summed E-state index contributed by atoms with van der Waals surface area (Å²) in [5, 5.41) is 0. The number of hydrogen-bond donors (Lipinski definition) is 0. The number of rotatable bonds is 3. The second kappa shape index (κ2) is 8.41. The molecule has 2 bridgehead atoms. The molecule has 6 aliphatic rings. The molecule has 0 aromatic heterocycles. The third kappa shape index (κ3) is 3.64. The van der Waals surface area contributed by atoms with E-state index in [2.05, 4.69) is 20.8 Å². The number of carbonyl (C=O) groups excluding carboxylic acids is 3. The fourth-order valence-corrected chi connectivity index (χ4v) is 10.3. The lowest BCUT2D eigenvalue weighted by atomic mass is 9.38. The van der Waals surface area contributed by atoms with Crippen LogP contribution in [-0.4, -0.2) is 48.8 Å². The van der Waals surface area contributed by atoms with Crippen molar-refractivity contribution >= 4 is 17.9 Å². The second-order valence-electron chi connectivity index (χ2n) is 13.7. The van der Waals surface area contributed by atoms with Gasteiger partial charge in [0.05, 0.1) is 13.0 Å². The average Bonchev–Trinajstić information content (AvgIpc) is 3.26. The van der Waals surface area contributed by atoms with Crippen molar-refractivity contribution in [3.63, 3.8) is 0 Å². The van der Waals surface area contributed by atoms with Gasteiger partial charge in [0, 0.05) is 25.2 Å². The lowest BCUT2D eigenvalue weighted by Gasteiger charge is -2.67. The number of carbonyl (C=O) groups is 3. The first-order valence-corrected chi connectivity index (χ1v) is 14.2. The minimum absolute atomic E-state index is 0.0143. The number of esters is 3. The zero-order valence-corrected chi connectivity index (χ0v) is 22.9. The van der Waals surface area contributed by atoms with Crippen LogP contribution in [-0.2, 0) is 38.1 Å². The van der Waals surface area contributed by atoms with Gasteiger partial charge in [-0.1, -0.05) is 27.2 Å². The van der Waals surface area contributed by atoms with Crippen LogP contribution in [0.4, 0.5) is 0 Å². The SMILES string of the molecule is CC(=O)OC[C@@]1(C)CCC[C@@]2(C)C1CC[C@]1(C)C2CC[C@@H]2[C@@H]3O[C@H]4OC(=O)C[C@]4(O3)[C@H](OC(C)=O)C[C@H]21. The molecule has 3 heterocycles. The lowest BCUT2D eigenvalue weighted by molar-refractivity contribution is -0.226. The van der Waals surface area contributed by atoms with Gasteiger partial charge in [0.25, 0.3) is 0 Å². The van der Waals surface area contributed by atoms with Gasteiger partial charge in [-0.2, -0.15) is 0 Å². The molecule has 0 amide bonds. The summed E-state index contributed by atoms with van der Waals surface area (Å²) in [4.78, 5) is 36.2. The minimum Gasteiger partial charge on any atom is -0.465 e. The number of ether oxygens (including phenoxy) is 5. The molecule has 3 aliphatic carbocycles. The highest BCUT2D eigenvalue weighted by Crippen LogP contribution is 2.71. The topological polar surface area (TPSA) is 97.4 Å². The molecule has 206 valence electrons. The minimum atomic E-state index is -1.05. The van der Waals surface area contributed by atoms with Gasteiger partial charge < -0.3 is 23.7 Å². The van der Waals surface area contributed by atoms with Crippen molar-refractivity contribution in [2.24, 2.45) is 39.9 Å². The number of hydrogen-bond acceptors (Lipinski definition) is 8. The summed E-state index contributed by atoms with van der Waals surface area (Å²) in [6.07, 6.45) is 6.51. The molecule has 3 saturated carbocycles. The van der Waals surface area contributed by atoms with Crippen molar-refractivity contribution in [1.82, 2.24) is 0 Å². The van der Waals surface area contributed by atoms with Crippen molar-refractivity contribution in [3.8, 4) is 0 Å². The third-order valence-corrected chi connectivity index (χ3v) is 11.7.